The normalized spacial score (nSPS) is 15.8. The van der Waals surface area contributed by atoms with Gasteiger partial charge in [0.1, 0.15) is 18.7 Å². The number of aryl methyl sites for hydroxylation is 1. The Morgan fingerprint density at radius 3 is 2.54 bits per heavy atom. The molecule has 0 unspecified atom stereocenters. The van der Waals surface area contributed by atoms with E-state index in [-0.39, 0.29) is 23.6 Å². The first-order valence-corrected chi connectivity index (χ1v) is 15.9. The Morgan fingerprint density at radius 2 is 1.92 bits per heavy atom. The molecule has 1 aromatic carbocycles. The summed E-state index contributed by atoms with van der Waals surface area (Å²) < 4.78 is 17.2. The summed E-state index contributed by atoms with van der Waals surface area (Å²) in [6.45, 7) is 17.2. The highest BCUT2D eigenvalue weighted by atomic mass is 28.4. The van der Waals surface area contributed by atoms with Crippen molar-refractivity contribution in [2.75, 3.05) is 32.2 Å². The number of hydrogen-bond donors (Lipinski definition) is 1. The standard InChI is InChI=1S/C29H40N4O5Si/c1-9-12-37-28(35)32-25-13-20(2)26(36-6)15-24(25)27(34)33-11-10-21(22-16-30-19-31-17-22)14-23(33)18-38-39(7,8)29(3,4)5/h9-10,13,15-17,19,23H,1,11-12,14,18H2,2-8H3,(H,32,35)/t23-/m0/s1. The van der Waals surface area contributed by atoms with Gasteiger partial charge < -0.3 is 18.8 Å². The van der Waals surface area contributed by atoms with Crippen molar-refractivity contribution in [1.82, 2.24) is 14.9 Å². The molecule has 0 saturated heterocycles. The van der Waals surface area contributed by atoms with Crippen LogP contribution in [0.2, 0.25) is 18.1 Å². The number of hydrogen-bond acceptors (Lipinski definition) is 7. The first kappa shape index (κ1) is 30.0. The molecule has 0 spiro atoms. The average molecular weight is 553 g/mol. The van der Waals surface area contributed by atoms with Crippen LogP contribution in [0.25, 0.3) is 5.57 Å². The van der Waals surface area contributed by atoms with Crippen molar-refractivity contribution < 1.29 is 23.5 Å². The number of aromatic nitrogens is 2. The molecule has 9 nitrogen and oxygen atoms in total. The Morgan fingerprint density at radius 1 is 1.23 bits per heavy atom. The summed E-state index contributed by atoms with van der Waals surface area (Å²) in [6, 6.07) is 3.14. The van der Waals surface area contributed by atoms with Crippen LogP contribution in [-0.2, 0) is 9.16 Å². The van der Waals surface area contributed by atoms with Gasteiger partial charge >= 0.3 is 6.09 Å². The van der Waals surface area contributed by atoms with E-state index < -0.39 is 14.4 Å². The molecule has 0 radical (unpaired) electrons. The zero-order chi connectivity index (χ0) is 28.8. The summed E-state index contributed by atoms with van der Waals surface area (Å²) in [5.41, 5.74) is 3.42. The van der Waals surface area contributed by atoms with Crippen molar-refractivity contribution in [3.8, 4) is 5.75 Å². The van der Waals surface area contributed by atoms with E-state index in [2.05, 4.69) is 55.7 Å². The summed E-state index contributed by atoms with van der Waals surface area (Å²) in [6.07, 6.45) is 8.48. The van der Waals surface area contributed by atoms with Crippen molar-refractivity contribution in [1.29, 1.82) is 0 Å². The quantitative estimate of drug-likeness (QED) is 0.308. The Bertz CT molecular complexity index is 1220. The highest BCUT2D eigenvalue weighted by Gasteiger charge is 2.39. The van der Waals surface area contributed by atoms with E-state index in [0.29, 0.717) is 36.6 Å². The number of methoxy groups -OCH3 is 1. The molecule has 2 heterocycles. The molecule has 1 N–H and O–H groups in total. The number of nitrogens with zero attached hydrogens (tertiary/aromatic N) is 3. The van der Waals surface area contributed by atoms with Gasteiger partial charge in [-0.3, -0.25) is 10.1 Å². The first-order chi connectivity index (χ1) is 18.4. The van der Waals surface area contributed by atoms with Crippen LogP contribution in [0.5, 0.6) is 5.75 Å². The zero-order valence-corrected chi connectivity index (χ0v) is 25.0. The lowest BCUT2D eigenvalue weighted by molar-refractivity contribution is 0.0627. The molecule has 1 aromatic heterocycles. The van der Waals surface area contributed by atoms with Crippen molar-refractivity contribution in [2.24, 2.45) is 0 Å². The minimum atomic E-state index is -2.09. The van der Waals surface area contributed by atoms with Crippen LogP contribution in [0.1, 0.15) is 48.7 Å². The van der Waals surface area contributed by atoms with E-state index in [4.69, 9.17) is 13.9 Å². The van der Waals surface area contributed by atoms with Crippen molar-refractivity contribution in [3.63, 3.8) is 0 Å². The van der Waals surface area contributed by atoms with Crippen LogP contribution in [0.15, 0.2) is 49.6 Å². The Kier molecular flexibility index (Phi) is 9.68. The monoisotopic (exact) mass is 552 g/mol. The molecule has 0 saturated carbocycles. The third kappa shape index (κ3) is 7.33. The maximum absolute atomic E-state index is 14.1. The molecule has 0 fully saturated rings. The van der Waals surface area contributed by atoms with E-state index in [0.717, 1.165) is 16.7 Å². The summed E-state index contributed by atoms with van der Waals surface area (Å²) in [4.78, 5) is 36.6. The second-order valence-corrected chi connectivity index (χ2v) is 15.9. The first-order valence-electron chi connectivity index (χ1n) is 13.0. The van der Waals surface area contributed by atoms with E-state index in [1.54, 1.807) is 36.5 Å². The number of benzene rings is 1. The fourth-order valence-electron chi connectivity index (χ4n) is 4.05. The molecule has 1 aliphatic heterocycles. The van der Waals surface area contributed by atoms with Gasteiger partial charge in [0, 0.05) is 24.5 Å². The van der Waals surface area contributed by atoms with E-state index in [9.17, 15) is 9.59 Å². The van der Waals surface area contributed by atoms with E-state index >= 15 is 0 Å². The molecular formula is C29H40N4O5Si. The van der Waals surface area contributed by atoms with E-state index in [1.165, 1.54) is 12.4 Å². The second kappa shape index (κ2) is 12.6. The predicted octanol–water partition coefficient (Wildman–Crippen LogP) is 5.85. The summed E-state index contributed by atoms with van der Waals surface area (Å²) >= 11 is 0. The Hall–Kier alpha value is -3.50. The summed E-state index contributed by atoms with van der Waals surface area (Å²) in [7, 11) is -0.534. The minimum Gasteiger partial charge on any atom is -0.496 e. The lowest BCUT2D eigenvalue weighted by atomic mass is 9.95. The number of rotatable bonds is 9. The summed E-state index contributed by atoms with van der Waals surface area (Å²) in [5.74, 6) is 0.308. The fraction of sp³-hybridized carbons (Fsp3) is 0.448. The SMILES string of the molecule is C=CCOC(=O)Nc1cc(C)c(OC)cc1C(=O)N1CC=C(c2cncnc2)C[C@H]1CO[Si](C)(C)C(C)(C)C. The van der Waals surface area contributed by atoms with Crippen LogP contribution in [0.4, 0.5) is 10.5 Å². The van der Waals surface area contributed by atoms with Gasteiger partial charge in [-0.05, 0) is 54.7 Å². The molecular weight excluding hydrogens is 512 g/mol. The maximum atomic E-state index is 14.1. The molecule has 0 bridgehead atoms. The molecule has 2 aromatic rings. The maximum Gasteiger partial charge on any atom is 0.411 e. The third-order valence-corrected chi connectivity index (χ3v) is 11.9. The van der Waals surface area contributed by atoms with Crippen LogP contribution in [-0.4, -0.2) is 68.1 Å². The molecule has 10 heteroatoms. The number of anilines is 1. The van der Waals surface area contributed by atoms with Crippen LogP contribution in [0, 0.1) is 6.92 Å². The molecule has 39 heavy (non-hydrogen) atoms. The van der Waals surface area contributed by atoms with Gasteiger partial charge in [0.05, 0.1) is 31.0 Å². The number of carbonyl (C=O) groups is 2. The van der Waals surface area contributed by atoms with Gasteiger partial charge in [-0.25, -0.2) is 14.8 Å². The van der Waals surface area contributed by atoms with Gasteiger partial charge in [0.25, 0.3) is 5.91 Å². The van der Waals surface area contributed by atoms with Gasteiger partial charge in [0.15, 0.2) is 8.32 Å². The molecule has 2 amide bonds. The smallest absolute Gasteiger partial charge is 0.411 e. The highest BCUT2D eigenvalue weighted by molar-refractivity contribution is 6.74. The fourth-order valence-corrected chi connectivity index (χ4v) is 5.09. The van der Waals surface area contributed by atoms with Crippen LogP contribution < -0.4 is 10.1 Å². The third-order valence-electron chi connectivity index (χ3n) is 7.40. The number of carbonyl (C=O) groups excluding carboxylic acids is 2. The average Bonchev–Trinajstić information content (AvgIpc) is 2.90. The van der Waals surface area contributed by atoms with Crippen molar-refractivity contribution in [2.45, 2.75) is 58.3 Å². The van der Waals surface area contributed by atoms with Crippen molar-refractivity contribution >= 4 is 31.6 Å². The lowest BCUT2D eigenvalue weighted by Gasteiger charge is -2.41. The predicted molar refractivity (Wildman–Crippen MR) is 155 cm³/mol. The van der Waals surface area contributed by atoms with Crippen LogP contribution >= 0.6 is 0 Å². The number of nitrogens with one attached hydrogen (secondary N) is 1. The highest BCUT2D eigenvalue weighted by Crippen LogP contribution is 2.38. The van der Waals surface area contributed by atoms with Gasteiger partial charge in [-0.15, -0.1) is 0 Å². The topological polar surface area (TPSA) is 103 Å². The zero-order valence-electron chi connectivity index (χ0n) is 24.0. The Labute approximate surface area is 232 Å². The molecule has 210 valence electrons. The van der Waals surface area contributed by atoms with Crippen LogP contribution in [0.3, 0.4) is 0 Å². The number of amides is 2. The Balaban J connectivity index is 1.99. The van der Waals surface area contributed by atoms with Gasteiger partial charge in [0.2, 0.25) is 0 Å². The molecule has 1 aliphatic rings. The molecule has 1 atom stereocenters. The summed E-state index contributed by atoms with van der Waals surface area (Å²) in [5, 5.41) is 2.74. The molecule has 3 rings (SSSR count). The largest absolute Gasteiger partial charge is 0.496 e. The number of ether oxygens (including phenoxy) is 2. The van der Waals surface area contributed by atoms with Gasteiger partial charge in [-0.1, -0.05) is 39.5 Å². The second-order valence-electron chi connectivity index (χ2n) is 11.1. The van der Waals surface area contributed by atoms with Crippen molar-refractivity contribution in [3.05, 3.63) is 66.3 Å². The van der Waals surface area contributed by atoms with Gasteiger partial charge in [-0.2, -0.15) is 0 Å². The molecule has 0 aliphatic carbocycles. The van der Waals surface area contributed by atoms with E-state index in [1.807, 2.05) is 13.0 Å². The minimum absolute atomic E-state index is 0.0235. The lowest BCUT2D eigenvalue weighted by Crippen LogP contribution is -2.49.